The number of hydrogen-bond donors (Lipinski definition) is 1. The number of rotatable bonds is 5. The number of amides is 1. The smallest absolute Gasteiger partial charge is 0.295 e. The first kappa shape index (κ1) is 22.2. The Morgan fingerprint density at radius 1 is 1.12 bits per heavy atom. The number of hydrogen-bond acceptors (Lipinski definition) is 6. The summed E-state index contributed by atoms with van der Waals surface area (Å²) in [4.78, 5) is 34.3. The first-order valence-electron chi connectivity index (χ1n) is 11.2. The summed E-state index contributed by atoms with van der Waals surface area (Å²) in [5.74, 6) is -2.50. The highest BCUT2D eigenvalue weighted by molar-refractivity contribution is 6.46. The van der Waals surface area contributed by atoms with Crippen LogP contribution in [0.15, 0.2) is 54.2 Å². The van der Waals surface area contributed by atoms with Crippen molar-refractivity contribution in [1.29, 1.82) is 0 Å². The van der Waals surface area contributed by atoms with E-state index in [1.165, 1.54) is 11.0 Å². The third kappa shape index (κ3) is 3.76. The van der Waals surface area contributed by atoms with Crippen molar-refractivity contribution in [2.75, 3.05) is 39.4 Å². The van der Waals surface area contributed by atoms with E-state index in [-0.39, 0.29) is 23.4 Å². The summed E-state index contributed by atoms with van der Waals surface area (Å²) in [5, 5.41) is 11.4. The van der Waals surface area contributed by atoms with E-state index >= 15 is 0 Å². The Hall–Kier alpha value is -3.56. The number of ether oxygens (including phenoxy) is 1. The van der Waals surface area contributed by atoms with E-state index in [9.17, 15) is 19.1 Å². The second-order valence-electron chi connectivity index (χ2n) is 8.44. The molecule has 34 heavy (non-hydrogen) atoms. The average Bonchev–Trinajstić information content (AvgIpc) is 3.31. The SMILES string of the molecule is Cc1nc2ccccn2c1/C(O)=C1/C(=O)C(=O)N(CCN2CCOCC2)C1c1ccccc1F. The molecule has 0 bridgehead atoms. The van der Waals surface area contributed by atoms with Crippen LogP contribution in [0, 0.1) is 12.7 Å². The Balaban J connectivity index is 1.62. The minimum atomic E-state index is -1.05. The van der Waals surface area contributed by atoms with Crippen LogP contribution in [0.4, 0.5) is 4.39 Å². The number of morpholine rings is 1. The number of imidazole rings is 1. The maximum atomic E-state index is 15.0. The van der Waals surface area contributed by atoms with Crippen molar-refractivity contribution in [3.63, 3.8) is 0 Å². The Kier molecular flexibility index (Phi) is 5.89. The summed E-state index contributed by atoms with van der Waals surface area (Å²) in [5.41, 5.74) is 1.42. The summed E-state index contributed by atoms with van der Waals surface area (Å²) in [6, 6.07) is 10.4. The molecule has 1 aromatic carbocycles. The van der Waals surface area contributed by atoms with Gasteiger partial charge in [-0.2, -0.15) is 0 Å². The van der Waals surface area contributed by atoms with Crippen molar-refractivity contribution >= 4 is 23.1 Å². The molecule has 1 atom stereocenters. The maximum Gasteiger partial charge on any atom is 0.295 e. The largest absolute Gasteiger partial charge is 0.505 e. The number of fused-ring (bicyclic) bond motifs is 1. The van der Waals surface area contributed by atoms with Gasteiger partial charge in [0.2, 0.25) is 0 Å². The number of carbonyl (C=O) groups excluding carboxylic acids is 2. The summed E-state index contributed by atoms with van der Waals surface area (Å²) in [7, 11) is 0. The second-order valence-corrected chi connectivity index (χ2v) is 8.44. The van der Waals surface area contributed by atoms with Crippen LogP contribution in [-0.4, -0.2) is 75.4 Å². The van der Waals surface area contributed by atoms with Crippen LogP contribution in [0.1, 0.15) is 23.0 Å². The highest BCUT2D eigenvalue weighted by Gasteiger charge is 2.47. The van der Waals surface area contributed by atoms with Gasteiger partial charge in [-0.25, -0.2) is 9.37 Å². The predicted molar refractivity (Wildman–Crippen MR) is 123 cm³/mol. The van der Waals surface area contributed by atoms with Crippen molar-refractivity contribution in [3.8, 4) is 0 Å². The minimum Gasteiger partial charge on any atom is -0.505 e. The van der Waals surface area contributed by atoms with Gasteiger partial charge in [-0.05, 0) is 25.1 Å². The van der Waals surface area contributed by atoms with E-state index in [0.29, 0.717) is 36.8 Å². The van der Waals surface area contributed by atoms with Crippen molar-refractivity contribution in [3.05, 3.63) is 77.0 Å². The third-order valence-corrected chi connectivity index (χ3v) is 6.43. The van der Waals surface area contributed by atoms with Gasteiger partial charge < -0.3 is 14.7 Å². The minimum absolute atomic E-state index is 0.133. The van der Waals surface area contributed by atoms with Gasteiger partial charge in [-0.1, -0.05) is 24.3 Å². The highest BCUT2D eigenvalue weighted by atomic mass is 19.1. The molecule has 9 heteroatoms. The summed E-state index contributed by atoms with van der Waals surface area (Å²) < 4.78 is 22.0. The molecule has 0 saturated carbocycles. The van der Waals surface area contributed by atoms with Crippen LogP contribution in [0.3, 0.4) is 0 Å². The standard InChI is InChI=1S/C25H25FN4O4/c1-16-21(29-9-5-4-8-19(29)27-16)23(31)20-22(17-6-2-3-7-18(17)26)30(25(33)24(20)32)11-10-28-12-14-34-15-13-28/h2-9,22,31H,10-15H2,1H3/b23-20-. The molecular formula is C25H25FN4O4. The Morgan fingerprint density at radius 2 is 1.85 bits per heavy atom. The van der Waals surface area contributed by atoms with Crippen LogP contribution in [0.5, 0.6) is 0 Å². The van der Waals surface area contributed by atoms with Crippen LogP contribution in [0.25, 0.3) is 11.4 Å². The molecule has 176 valence electrons. The molecule has 2 aliphatic rings. The van der Waals surface area contributed by atoms with Gasteiger partial charge in [-0.15, -0.1) is 0 Å². The zero-order valence-electron chi connectivity index (χ0n) is 18.8. The maximum absolute atomic E-state index is 15.0. The van der Waals surface area contributed by atoms with Crippen molar-refractivity contribution < 1.29 is 23.8 Å². The number of carbonyl (C=O) groups is 2. The quantitative estimate of drug-likeness (QED) is 0.355. The number of aromatic nitrogens is 2. The number of halogens is 1. The fourth-order valence-electron chi connectivity index (χ4n) is 4.73. The van der Waals surface area contributed by atoms with Gasteiger partial charge in [0.25, 0.3) is 11.7 Å². The van der Waals surface area contributed by atoms with E-state index in [1.807, 2.05) is 6.07 Å². The van der Waals surface area contributed by atoms with Gasteiger partial charge in [-0.3, -0.25) is 18.9 Å². The molecule has 0 aliphatic carbocycles. The third-order valence-electron chi connectivity index (χ3n) is 6.43. The molecule has 3 aromatic rings. The van der Waals surface area contributed by atoms with Crippen molar-refractivity contribution in [2.24, 2.45) is 0 Å². The predicted octanol–water partition coefficient (Wildman–Crippen LogP) is 2.54. The van der Waals surface area contributed by atoms with Gasteiger partial charge in [0, 0.05) is 37.9 Å². The molecule has 5 rings (SSSR count). The highest BCUT2D eigenvalue weighted by Crippen LogP contribution is 2.40. The first-order chi connectivity index (χ1) is 16.5. The normalized spacial score (nSPS) is 21.0. The number of nitrogens with zero attached hydrogens (tertiary/aromatic N) is 4. The number of aryl methyl sites for hydroxylation is 1. The first-order valence-corrected chi connectivity index (χ1v) is 11.2. The lowest BCUT2D eigenvalue weighted by molar-refractivity contribution is -0.140. The number of ketones is 1. The van der Waals surface area contributed by atoms with Gasteiger partial charge in [0.15, 0.2) is 5.76 Å². The number of aliphatic hydroxyl groups excluding tert-OH is 1. The molecule has 1 amide bonds. The molecule has 2 aromatic heterocycles. The monoisotopic (exact) mass is 464 g/mol. The number of Topliss-reactive ketones (excluding diaryl/α,β-unsaturated/α-hetero) is 1. The lowest BCUT2D eigenvalue weighted by Crippen LogP contribution is -2.42. The lowest BCUT2D eigenvalue weighted by atomic mass is 9.96. The van der Waals surface area contributed by atoms with Gasteiger partial charge >= 0.3 is 0 Å². The summed E-state index contributed by atoms with van der Waals surface area (Å²) in [6.07, 6.45) is 1.72. The van der Waals surface area contributed by atoms with Crippen molar-refractivity contribution in [2.45, 2.75) is 13.0 Å². The van der Waals surface area contributed by atoms with E-state index < -0.39 is 23.5 Å². The molecule has 8 nitrogen and oxygen atoms in total. The van der Waals surface area contributed by atoms with E-state index in [1.54, 1.807) is 47.9 Å². The second kappa shape index (κ2) is 9.00. The molecule has 1 unspecified atom stereocenters. The number of likely N-dealkylation sites (tertiary alicyclic amines) is 1. The molecule has 0 radical (unpaired) electrons. The molecule has 1 N–H and O–H groups in total. The van der Waals surface area contributed by atoms with E-state index in [0.717, 1.165) is 13.1 Å². The number of pyridine rings is 1. The van der Waals surface area contributed by atoms with Gasteiger partial charge in [0.05, 0.1) is 30.5 Å². The van der Waals surface area contributed by atoms with Crippen LogP contribution < -0.4 is 0 Å². The van der Waals surface area contributed by atoms with Crippen LogP contribution >= 0.6 is 0 Å². The fraction of sp³-hybridized carbons (Fsp3) is 0.320. The molecular weight excluding hydrogens is 439 g/mol. The average molecular weight is 464 g/mol. The molecule has 2 saturated heterocycles. The Morgan fingerprint density at radius 3 is 2.62 bits per heavy atom. The van der Waals surface area contributed by atoms with Crippen LogP contribution in [-0.2, 0) is 14.3 Å². The number of aliphatic hydroxyl groups is 1. The number of benzene rings is 1. The zero-order chi connectivity index (χ0) is 23.8. The summed E-state index contributed by atoms with van der Waals surface area (Å²) >= 11 is 0. The van der Waals surface area contributed by atoms with Crippen molar-refractivity contribution in [1.82, 2.24) is 19.2 Å². The van der Waals surface area contributed by atoms with E-state index in [2.05, 4.69) is 9.88 Å². The topological polar surface area (TPSA) is 87.4 Å². The van der Waals surface area contributed by atoms with Gasteiger partial charge in [0.1, 0.15) is 17.2 Å². The summed E-state index contributed by atoms with van der Waals surface area (Å²) in [6.45, 7) is 5.08. The Labute approximate surface area is 195 Å². The van der Waals surface area contributed by atoms with E-state index in [4.69, 9.17) is 4.74 Å². The molecule has 0 spiro atoms. The Bertz CT molecular complexity index is 1300. The molecule has 2 fully saturated rings. The zero-order valence-corrected chi connectivity index (χ0v) is 18.8. The lowest BCUT2D eigenvalue weighted by Gasteiger charge is -2.31. The molecule has 2 aliphatic heterocycles. The van der Waals surface area contributed by atoms with Crippen LogP contribution in [0.2, 0.25) is 0 Å². The molecule has 4 heterocycles. The fourth-order valence-corrected chi connectivity index (χ4v) is 4.73.